The topological polar surface area (TPSA) is 70.0 Å². The average Bonchev–Trinajstić information content (AvgIpc) is 2.33. The Bertz CT molecular complexity index is 290. The Morgan fingerprint density at radius 1 is 1.70 bits per heavy atom. The van der Waals surface area contributed by atoms with Gasteiger partial charge in [0.1, 0.15) is 6.04 Å². The van der Waals surface area contributed by atoms with Crippen LogP contribution in [0.25, 0.3) is 0 Å². The molecule has 0 aromatic heterocycles. The van der Waals surface area contributed by atoms with Gasteiger partial charge in [0.15, 0.2) is 0 Å². The molecule has 0 spiro atoms. The van der Waals surface area contributed by atoms with E-state index in [0.717, 1.165) is 0 Å². The summed E-state index contributed by atoms with van der Waals surface area (Å²) >= 11 is 0. The van der Waals surface area contributed by atoms with E-state index in [9.17, 15) is 8.42 Å². The van der Waals surface area contributed by atoms with E-state index in [2.05, 4.69) is 5.32 Å². The lowest BCUT2D eigenvalue weighted by atomic mass is 10.2. The van der Waals surface area contributed by atoms with Crippen LogP contribution in [0.15, 0.2) is 0 Å². The Morgan fingerprint density at radius 3 is 2.80 bits per heavy atom. The highest BCUT2D eigenvalue weighted by Gasteiger charge is 2.22. The molecule has 1 N–H and O–H groups in total. The van der Waals surface area contributed by atoms with Gasteiger partial charge in [-0.05, 0) is 6.42 Å². The van der Waals surface area contributed by atoms with E-state index < -0.39 is 16.3 Å². The monoisotopic (exact) mass is 158 g/mol. The fraction of sp³-hybridized carbons (Fsp3) is 0.600. The Kier molecular flexibility index (Phi) is 2.04. The molecular formula is C5H6N2O2S. The van der Waals surface area contributed by atoms with Crippen LogP contribution in [0.4, 0.5) is 0 Å². The zero-order valence-corrected chi connectivity index (χ0v) is 5.98. The smallest absolute Gasteiger partial charge is 0.215 e. The summed E-state index contributed by atoms with van der Waals surface area (Å²) in [7, 11) is -2.19. The van der Waals surface area contributed by atoms with Crippen molar-refractivity contribution in [2.24, 2.45) is 0 Å². The maximum Gasteiger partial charge on any atom is 0.215 e. The lowest BCUT2D eigenvalue weighted by Gasteiger charge is -1.93. The molecule has 0 aromatic carbocycles. The molecule has 1 fully saturated rings. The summed E-state index contributed by atoms with van der Waals surface area (Å²) in [6, 6.07) is 1.27. The SMILES string of the molecule is N#CC1NCCC1=S(=O)=O. The van der Waals surface area contributed by atoms with Crippen LogP contribution in [0.3, 0.4) is 0 Å². The van der Waals surface area contributed by atoms with E-state index in [0.29, 0.717) is 13.0 Å². The van der Waals surface area contributed by atoms with Gasteiger partial charge in [-0.2, -0.15) is 13.7 Å². The van der Waals surface area contributed by atoms with Crippen LogP contribution in [-0.2, 0) is 10.3 Å². The van der Waals surface area contributed by atoms with E-state index in [-0.39, 0.29) is 4.86 Å². The molecule has 0 saturated carbocycles. The van der Waals surface area contributed by atoms with Gasteiger partial charge >= 0.3 is 0 Å². The predicted octanol–water partition coefficient (Wildman–Crippen LogP) is -1.08. The number of rotatable bonds is 0. The number of nitrogens with zero attached hydrogens (tertiary/aromatic N) is 1. The summed E-state index contributed by atoms with van der Waals surface area (Å²) in [5, 5.41) is 11.1. The van der Waals surface area contributed by atoms with Crippen molar-refractivity contribution >= 4 is 15.2 Å². The summed E-state index contributed by atoms with van der Waals surface area (Å²) < 4.78 is 20.7. The first-order valence-electron chi connectivity index (χ1n) is 2.83. The lowest BCUT2D eigenvalue weighted by molar-refractivity contribution is 0.626. The lowest BCUT2D eigenvalue weighted by Crippen LogP contribution is -2.25. The van der Waals surface area contributed by atoms with Crippen LogP contribution in [-0.4, -0.2) is 25.9 Å². The van der Waals surface area contributed by atoms with Gasteiger partial charge < -0.3 is 0 Å². The number of nitriles is 1. The third-order valence-electron chi connectivity index (χ3n) is 1.39. The van der Waals surface area contributed by atoms with Gasteiger partial charge in [0.25, 0.3) is 0 Å². The first-order chi connectivity index (χ1) is 4.75. The molecule has 1 aliphatic heterocycles. The standard InChI is InChI=1S/C5H6N2O2S/c6-3-4-5(10(8)9)1-2-7-4/h4,7H,1-2H2. The molecule has 1 aliphatic rings. The second-order valence-corrected chi connectivity index (χ2v) is 2.96. The molecule has 5 heteroatoms. The number of hydrogen-bond acceptors (Lipinski definition) is 4. The second-order valence-electron chi connectivity index (χ2n) is 1.97. The van der Waals surface area contributed by atoms with Crippen molar-refractivity contribution in [1.29, 1.82) is 5.26 Å². The summed E-state index contributed by atoms with van der Waals surface area (Å²) in [5.74, 6) is 0. The Hall–Kier alpha value is -0.860. The fourth-order valence-corrected chi connectivity index (χ4v) is 1.49. The highest BCUT2D eigenvalue weighted by Crippen LogP contribution is 1.99. The summed E-state index contributed by atoms with van der Waals surface area (Å²) in [5.41, 5.74) is 0. The molecule has 0 aliphatic carbocycles. The maximum absolute atomic E-state index is 10.3. The zero-order chi connectivity index (χ0) is 7.56. The molecule has 0 bridgehead atoms. The van der Waals surface area contributed by atoms with Crippen molar-refractivity contribution < 1.29 is 8.42 Å². The summed E-state index contributed by atoms with van der Waals surface area (Å²) in [6.07, 6.45) is 0.467. The van der Waals surface area contributed by atoms with Gasteiger partial charge in [-0.3, -0.25) is 5.32 Å². The Balaban J connectivity index is 3.03. The van der Waals surface area contributed by atoms with Gasteiger partial charge in [-0.15, -0.1) is 0 Å². The van der Waals surface area contributed by atoms with E-state index in [1.54, 1.807) is 0 Å². The largest absolute Gasteiger partial charge is 0.297 e. The molecule has 54 valence electrons. The van der Waals surface area contributed by atoms with Crippen LogP contribution in [0.1, 0.15) is 6.42 Å². The minimum Gasteiger partial charge on any atom is -0.297 e. The van der Waals surface area contributed by atoms with Gasteiger partial charge in [0, 0.05) is 6.54 Å². The molecule has 10 heavy (non-hydrogen) atoms. The predicted molar refractivity (Wildman–Crippen MR) is 35.9 cm³/mol. The van der Waals surface area contributed by atoms with E-state index in [4.69, 9.17) is 5.26 Å². The van der Waals surface area contributed by atoms with Crippen LogP contribution in [0.5, 0.6) is 0 Å². The average molecular weight is 158 g/mol. The Morgan fingerprint density at radius 2 is 2.40 bits per heavy atom. The van der Waals surface area contributed by atoms with Crippen molar-refractivity contribution in [1.82, 2.24) is 5.32 Å². The molecule has 1 unspecified atom stereocenters. The first-order valence-corrected chi connectivity index (χ1v) is 3.91. The molecule has 4 nitrogen and oxygen atoms in total. The first kappa shape index (κ1) is 7.25. The highest BCUT2D eigenvalue weighted by atomic mass is 32.2. The molecule has 0 aromatic rings. The minimum absolute atomic E-state index is 0.280. The van der Waals surface area contributed by atoms with Crippen molar-refractivity contribution in [3.63, 3.8) is 0 Å². The second kappa shape index (κ2) is 2.82. The quantitative estimate of drug-likeness (QED) is 0.455. The van der Waals surface area contributed by atoms with Gasteiger partial charge in [0.05, 0.1) is 10.9 Å². The Labute approximate surface area is 60.0 Å². The molecule has 1 rings (SSSR count). The normalized spacial score (nSPS) is 24.3. The minimum atomic E-state index is -2.19. The zero-order valence-electron chi connectivity index (χ0n) is 5.16. The molecule has 1 atom stereocenters. The maximum atomic E-state index is 10.3. The van der Waals surface area contributed by atoms with Gasteiger partial charge in [-0.1, -0.05) is 0 Å². The van der Waals surface area contributed by atoms with E-state index in [1.165, 1.54) is 0 Å². The molecule has 0 radical (unpaired) electrons. The van der Waals surface area contributed by atoms with Crippen LogP contribution in [0.2, 0.25) is 0 Å². The van der Waals surface area contributed by atoms with Crippen molar-refractivity contribution in [2.75, 3.05) is 6.54 Å². The third-order valence-corrected chi connectivity index (χ3v) is 2.25. The van der Waals surface area contributed by atoms with Gasteiger partial charge in [-0.25, -0.2) is 0 Å². The highest BCUT2D eigenvalue weighted by molar-refractivity contribution is 7.73. The van der Waals surface area contributed by atoms with E-state index in [1.807, 2.05) is 6.07 Å². The summed E-state index contributed by atoms with van der Waals surface area (Å²) in [6.45, 7) is 0.585. The van der Waals surface area contributed by atoms with Gasteiger partial charge in [0.2, 0.25) is 10.3 Å². The van der Waals surface area contributed by atoms with Crippen LogP contribution in [0, 0.1) is 11.3 Å². The third kappa shape index (κ3) is 1.17. The molecule has 1 saturated heterocycles. The fourth-order valence-electron chi connectivity index (χ4n) is 0.895. The molecule has 0 amide bonds. The molecular weight excluding hydrogens is 152 g/mol. The summed E-state index contributed by atoms with van der Waals surface area (Å²) in [4.78, 5) is 0.280. The van der Waals surface area contributed by atoms with E-state index >= 15 is 0 Å². The number of hydrogen-bond donors (Lipinski definition) is 1. The van der Waals surface area contributed by atoms with Crippen molar-refractivity contribution in [3.8, 4) is 6.07 Å². The molecule has 1 heterocycles. The van der Waals surface area contributed by atoms with Crippen molar-refractivity contribution in [2.45, 2.75) is 12.5 Å². The van der Waals surface area contributed by atoms with Crippen molar-refractivity contribution in [3.05, 3.63) is 0 Å². The number of nitrogens with one attached hydrogen (secondary N) is 1. The van der Waals surface area contributed by atoms with Crippen LogP contribution >= 0.6 is 0 Å². The van der Waals surface area contributed by atoms with Crippen LogP contribution < -0.4 is 5.32 Å².